The average Bonchev–Trinajstić information content (AvgIpc) is 2.39. The molecular formula is C14H16ClFO4. The largest absolute Gasteiger partial charge is 0.465 e. The summed E-state index contributed by atoms with van der Waals surface area (Å²) in [4.78, 5) is 23.9. The number of esters is 2. The molecule has 0 atom stereocenters. The fourth-order valence-corrected chi connectivity index (χ4v) is 1.98. The van der Waals surface area contributed by atoms with E-state index in [0.29, 0.717) is 0 Å². The van der Waals surface area contributed by atoms with Gasteiger partial charge in [0.2, 0.25) is 0 Å². The molecule has 6 heteroatoms. The molecule has 0 aromatic heterocycles. The van der Waals surface area contributed by atoms with Crippen LogP contribution >= 0.6 is 11.6 Å². The number of hydrogen-bond acceptors (Lipinski definition) is 4. The molecule has 1 aromatic carbocycles. The van der Waals surface area contributed by atoms with Crippen molar-refractivity contribution in [2.24, 2.45) is 0 Å². The minimum absolute atomic E-state index is 0.0146. The number of carbonyl (C=O) groups is 2. The van der Waals surface area contributed by atoms with Crippen LogP contribution in [0.25, 0.3) is 0 Å². The zero-order valence-electron chi connectivity index (χ0n) is 11.5. The molecule has 0 saturated heterocycles. The zero-order chi connectivity index (χ0) is 15.3. The van der Waals surface area contributed by atoms with Gasteiger partial charge in [-0.15, -0.1) is 0 Å². The average molecular weight is 303 g/mol. The van der Waals surface area contributed by atoms with Crippen molar-refractivity contribution >= 4 is 23.5 Å². The zero-order valence-corrected chi connectivity index (χ0v) is 12.3. The van der Waals surface area contributed by atoms with E-state index >= 15 is 0 Å². The molecule has 0 heterocycles. The Morgan fingerprint density at radius 2 is 1.70 bits per heavy atom. The van der Waals surface area contributed by atoms with Crippen LogP contribution in [0.1, 0.15) is 30.9 Å². The van der Waals surface area contributed by atoms with E-state index in [-0.39, 0.29) is 29.4 Å². The van der Waals surface area contributed by atoms with Gasteiger partial charge in [0.05, 0.1) is 13.2 Å². The van der Waals surface area contributed by atoms with Gasteiger partial charge >= 0.3 is 11.9 Å². The first kappa shape index (κ1) is 16.4. The van der Waals surface area contributed by atoms with E-state index in [9.17, 15) is 14.0 Å². The van der Waals surface area contributed by atoms with Gasteiger partial charge in [-0.3, -0.25) is 9.59 Å². The Hall–Kier alpha value is -1.62. The summed E-state index contributed by atoms with van der Waals surface area (Å²) in [6, 6.07) is 2.90. The second-order valence-electron chi connectivity index (χ2n) is 4.03. The van der Waals surface area contributed by atoms with E-state index in [2.05, 4.69) is 0 Å². The molecular weight excluding hydrogens is 287 g/mol. The van der Waals surface area contributed by atoms with Crippen molar-refractivity contribution < 1.29 is 23.5 Å². The van der Waals surface area contributed by atoms with Gasteiger partial charge in [-0.1, -0.05) is 17.7 Å². The van der Waals surface area contributed by atoms with Gasteiger partial charge in [-0.25, -0.2) is 4.39 Å². The van der Waals surface area contributed by atoms with E-state index < -0.39 is 23.7 Å². The molecule has 1 rings (SSSR count). The molecule has 0 saturated carbocycles. The number of rotatable bonds is 5. The minimum atomic E-state index is -1.51. The van der Waals surface area contributed by atoms with Crippen LogP contribution in [-0.2, 0) is 19.1 Å². The molecule has 0 fully saturated rings. The predicted molar refractivity (Wildman–Crippen MR) is 72.2 cm³/mol. The van der Waals surface area contributed by atoms with Crippen LogP contribution in [0.3, 0.4) is 0 Å². The molecule has 0 bridgehead atoms. The third kappa shape index (κ3) is 3.48. The molecule has 0 aliphatic rings. The Labute approximate surface area is 121 Å². The van der Waals surface area contributed by atoms with Crippen molar-refractivity contribution in [1.29, 1.82) is 0 Å². The van der Waals surface area contributed by atoms with Crippen LogP contribution in [0, 0.1) is 12.7 Å². The summed E-state index contributed by atoms with van der Waals surface area (Å²) in [5.41, 5.74) is 0.0755. The maximum absolute atomic E-state index is 14.2. The van der Waals surface area contributed by atoms with E-state index in [1.807, 2.05) is 0 Å². The summed E-state index contributed by atoms with van der Waals surface area (Å²) < 4.78 is 23.8. The van der Waals surface area contributed by atoms with Gasteiger partial charge in [-0.2, -0.15) is 0 Å². The summed E-state index contributed by atoms with van der Waals surface area (Å²) in [6.45, 7) is 4.84. The summed E-state index contributed by atoms with van der Waals surface area (Å²) in [5, 5.41) is -0.0146. The monoisotopic (exact) mass is 302 g/mol. The third-order valence-electron chi connectivity index (χ3n) is 2.65. The summed E-state index contributed by atoms with van der Waals surface area (Å²) in [7, 11) is 0. The van der Waals surface area contributed by atoms with Crippen LogP contribution in [0.5, 0.6) is 0 Å². The van der Waals surface area contributed by atoms with Crippen molar-refractivity contribution in [2.45, 2.75) is 26.7 Å². The van der Waals surface area contributed by atoms with Crippen molar-refractivity contribution in [3.63, 3.8) is 0 Å². The highest BCUT2D eigenvalue weighted by Crippen LogP contribution is 2.31. The van der Waals surface area contributed by atoms with E-state index in [4.69, 9.17) is 21.1 Å². The number of benzene rings is 1. The highest BCUT2D eigenvalue weighted by atomic mass is 35.5. The Kier molecular flexibility index (Phi) is 5.95. The molecule has 0 spiro atoms. The first-order valence-electron chi connectivity index (χ1n) is 6.21. The van der Waals surface area contributed by atoms with Gasteiger partial charge in [0.1, 0.15) is 5.82 Å². The summed E-state index contributed by atoms with van der Waals surface area (Å²) in [5.74, 6) is -3.97. The Morgan fingerprint density at radius 1 is 1.20 bits per heavy atom. The van der Waals surface area contributed by atoms with Crippen LogP contribution in [-0.4, -0.2) is 25.2 Å². The maximum atomic E-state index is 14.2. The fourth-order valence-electron chi connectivity index (χ4n) is 1.73. The lowest BCUT2D eigenvalue weighted by Gasteiger charge is -2.17. The second-order valence-corrected chi connectivity index (χ2v) is 4.44. The van der Waals surface area contributed by atoms with Gasteiger partial charge in [0, 0.05) is 10.6 Å². The molecule has 0 aliphatic carbocycles. The Morgan fingerprint density at radius 3 is 2.15 bits per heavy atom. The number of aryl methyl sites for hydroxylation is 1. The lowest BCUT2D eigenvalue weighted by molar-refractivity contribution is -0.157. The van der Waals surface area contributed by atoms with E-state index in [1.54, 1.807) is 13.8 Å². The fraction of sp³-hybridized carbons (Fsp3) is 0.429. The van der Waals surface area contributed by atoms with Gasteiger partial charge in [-0.05, 0) is 32.4 Å². The lowest BCUT2D eigenvalue weighted by Crippen LogP contribution is -2.27. The second kappa shape index (κ2) is 7.24. The molecule has 20 heavy (non-hydrogen) atoms. The predicted octanol–water partition coefficient (Wildman–Crippen LogP) is 3.00. The van der Waals surface area contributed by atoms with Crippen LogP contribution in [0.2, 0.25) is 5.02 Å². The minimum Gasteiger partial charge on any atom is -0.465 e. The Balaban J connectivity index is 3.34. The molecule has 0 radical (unpaired) electrons. The highest BCUT2D eigenvalue weighted by Gasteiger charge is 2.36. The first-order chi connectivity index (χ1) is 9.43. The maximum Gasteiger partial charge on any atom is 0.325 e. The van der Waals surface area contributed by atoms with Gasteiger partial charge in [0.25, 0.3) is 0 Å². The lowest BCUT2D eigenvalue weighted by atomic mass is 9.96. The highest BCUT2D eigenvalue weighted by molar-refractivity contribution is 6.32. The van der Waals surface area contributed by atoms with Crippen molar-refractivity contribution in [3.05, 3.63) is 34.1 Å². The molecule has 110 valence electrons. The first-order valence-corrected chi connectivity index (χ1v) is 6.59. The van der Waals surface area contributed by atoms with Crippen LogP contribution in [0.15, 0.2) is 12.1 Å². The SMILES string of the molecule is CCOC(=O)C(C(=O)OCC)c1c(Cl)ccc(C)c1F. The van der Waals surface area contributed by atoms with Crippen molar-refractivity contribution in [1.82, 2.24) is 0 Å². The summed E-state index contributed by atoms with van der Waals surface area (Å²) >= 11 is 5.93. The van der Waals surface area contributed by atoms with Gasteiger partial charge < -0.3 is 9.47 Å². The smallest absolute Gasteiger partial charge is 0.325 e. The van der Waals surface area contributed by atoms with Crippen LogP contribution in [0.4, 0.5) is 4.39 Å². The number of halogens is 2. The normalized spacial score (nSPS) is 10.5. The molecule has 0 amide bonds. The molecule has 0 unspecified atom stereocenters. The standard InChI is InChI=1S/C14H16ClFO4/c1-4-19-13(17)11(14(18)20-5-2)10-9(15)7-6-8(3)12(10)16/h6-7,11H,4-5H2,1-3H3. The quantitative estimate of drug-likeness (QED) is 0.620. The Bertz CT molecular complexity index is 498. The van der Waals surface area contributed by atoms with Gasteiger partial charge in [0.15, 0.2) is 5.92 Å². The van der Waals surface area contributed by atoms with Crippen molar-refractivity contribution in [3.8, 4) is 0 Å². The van der Waals surface area contributed by atoms with Crippen molar-refractivity contribution in [2.75, 3.05) is 13.2 Å². The molecule has 1 aromatic rings. The number of ether oxygens (including phenoxy) is 2. The molecule has 0 aliphatic heterocycles. The molecule has 4 nitrogen and oxygen atoms in total. The summed E-state index contributed by atoms with van der Waals surface area (Å²) in [6.07, 6.45) is 0. The number of carbonyl (C=O) groups excluding carboxylic acids is 2. The van der Waals surface area contributed by atoms with Crippen LogP contribution < -0.4 is 0 Å². The topological polar surface area (TPSA) is 52.6 Å². The van der Waals surface area contributed by atoms with E-state index in [0.717, 1.165) is 0 Å². The van der Waals surface area contributed by atoms with E-state index in [1.165, 1.54) is 19.1 Å². The third-order valence-corrected chi connectivity index (χ3v) is 2.98. The molecule has 0 N–H and O–H groups in total. The number of hydrogen-bond donors (Lipinski definition) is 0.